The minimum absolute atomic E-state index is 0.0898. The summed E-state index contributed by atoms with van der Waals surface area (Å²) in [5.41, 5.74) is 2.03. The van der Waals surface area contributed by atoms with E-state index in [-0.39, 0.29) is 17.8 Å². The number of nitrogens with one attached hydrogen (secondary N) is 1. The Hall–Kier alpha value is -2.54. The summed E-state index contributed by atoms with van der Waals surface area (Å²) in [5.74, 6) is 0.925. The molecule has 4 rings (SSSR count). The molecule has 0 bridgehead atoms. The molecule has 1 amide bonds. The van der Waals surface area contributed by atoms with Crippen LogP contribution in [0.15, 0.2) is 30.5 Å². The van der Waals surface area contributed by atoms with E-state index in [0.29, 0.717) is 25.3 Å². The minimum Gasteiger partial charge on any atom is -0.481 e. The first-order valence-electron chi connectivity index (χ1n) is 9.89. The van der Waals surface area contributed by atoms with E-state index in [0.717, 1.165) is 30.0 Å². The summed E-state index contributed by atoms with van der Waals surface area (Å²) in [6.45, 7) is 3.83. The van der Waals surface area contributed by atoms with Crippen molar-refractivity contribution in [2.75, 3.05) is 13.1 Å². The zero-order valence-corrected chi connectivity index (χ0v) is 16.0. The predicted molar refractivity (Wildman–Crippen MR) is 102 cm³/mol. The van der Waals surface area contributed by atoms with Crippen LogP contribution < -0.4 is 10.1 Å². The van der Waals surface area contributed by atoms with Gasteiger partial charge in [0.2, 0.25) is 0 Å². The number of amides is 1. The van der Waals surface area contributed by atoms with E-state index in [1.54, 1.807) is 11.8 Å². The normalized spacial score (nSPS) is 20.4. The number of ether oxygens (including phenoxy) is 1. The number of piperidine rings is 1. The standard InChI is InChI=1S/C21H25FN4O2/c1-14(28-17-7-5-16(22)6-8-17)21(27)26-11-9-18-15(13-26)12-24-20(25-18)19-4-2-3-10-23-19/h5-8,12,14,19,23H,2-4,9-11,13H2,1H3. The molecular weight excluding hydrogens is 359 g/mol. The maximum atomic E-state index is 13.0. The van der Waals surface area contributed by atoms with Crippen LogP contribution >= 0.6 is 0 Å². The van der Waals surface area contributed by atoms with Crippen LogP contribution in [0.3, 0.4) is 0 Å². The maximum Gasteiger partial charge on any atom is 0.263 e. The fourth-order valence-electron chi connectivity index (χ4n) is 3.78. The van der Waals surface area contributed by atoms with Gasteiger partial charge in [-0.05, 0) is 50.6 Å². The van der Waals surface area contributed by atoms with Crippen molar-refractivity contribution in [1.29, 1.82) is 0 Å². The van der Waals surface area contributed by atoms with Crippen molar-refractivity contribution in [2.45, 2.75) is 51.3 Å². The third-order valence-corrected chi connectivity index (χ3v) is 5.36. The number of hydrogen-bond acceptors (Lipinski definition) is 5. The van der Waals surface area contributed by atoms with Crippen LogP contribution in [0.4, 0.5) is 4.39 Å². The highest BCUT2D eigenvalue weighted by Crippen LogP contribution is 2.24. The lowest BCUT2D eigenvalue weighted by atomic mass is 10.0. The molecule has 1 aromatic heterocycles. The molecule has 6 nitrogen and oxygen atoms in total. The Morgan fingerprint density at radius 3 is 2.89 bits per heavy atom. The van der Waals surface area contributed by atoms with Gasteiger partial charge in [-0.3, -0.25) is 4.79 Å². The van der Waals surface area contributed by atoms with E-state index < -0.39 is 6.10 Å². The smallest absolute Gasteiger partial charge is 0.263 e. The Balaban J connectivity index is 1.40. The number of carbonyl (C=O) groups excluding carboxylic acids is 1. The fourth-order valence-corrected chi connectivity index (χ4v) is 3.78. The van der Waals surface area contributed by atoms with Crippen LogP contribution in [0.1, 0.15) is 49.3 Å². The molecule has 2 aliphatic rings. The lowest BCUT2D eigenvalue weighted by Gasteiger charge is -2.31. The highest BCUT2D eigenvalue weighted by atomic mass is 19.1. The number of benzene rings is 1. The molecule has 0 spiro atoms. The molecular formula is C21H25FN4O2. The summed E-state index contributed by atoms with van der Waals surface area (Å²) in [4.78, 5) is 23.9. The molecule has 2 aliphatic heterocycles. The Morgan fingerprint density at radius 1 is 1.32 bits per heavy atom. The number of halogens is 1. The highest BCUT2D eigenvalue weighted by Gasteiger charge is 2.28. The molecule has 7 heteroatoms. The average molecular weight is 384 g/mol. The van der Waals surface area contributed by atoms with Crippen LogP contribution in [-0.4, -0.2) is 40.0 Å². The topological polar surface area (TPSA) is 67.3 Å². The Bertz CT molecular complexity index is 837. The molecule has 1 aromatic carbocycles. The Morgan fingerprint density at radius 2 is 2.14 bits per heavy atom. The first-order chi connectivity index (χ1) is 13.6. The van der Waals surface area contributed by atoms with Crippen LogP contribution in [0.2, 0.25) is 0 Å². The fraction of sp³-hybridized carbons (Fsp3) is 0.476. The first kappa shape index (κ1) is 18.8. The largest absolute Gasteiger partial charge is 0.481 e. The summed E-state index contributed by atoms with van der Waals surface area (Å²) in [6, 6.07) is 5.93. The van der Waals surface area contributed by atoms with Crippen LogP contribution in [-0.2, 0) is 17.8 Å². The van der Waals surface area contributed by atoms with E-state index in [1.807, 2.05) is 6.20 Å². The molecule has 28 heavy (non-hydrogen) atoms. The van der Waals surface area contributed by atoms with Gasteiger partial charge in [-0.15, -0.1) is 0 Å². The van der Waals surface area contributed by atoms with E-state index in [2.05, 4.69) is 10.3 Å². The molecule has 0 aliphatic carbocycles. The van der Waals surface area contributed by atoms with E-state index in [4.69, 9.17) is 9.72 Å². The second-order valence-corrected chi connectivity index (χ2v) is 7.43. The molecule has 148 valence electrons. The molecule has 1 saturated heterocycles. The van der Waals surface area contributed by atoms with Gasteiger partial charge in [0.1, 0.15) is 17.4 Å². The second kappa shape index (κ2) is 8.22. The molecule has 2 unspecified atom stereocenters. The van der Waals surface area contributed by atoms with E-state index in [1.165, 1.54) is 37.1 Å². The molecule has 1 fully saturated rings. The third kappa shape index (κ3) is 4.14. The maximum absolute atomic E-state index is 13.0. The highest BCUT2D eigenvalue weighted by molar-refractivity contribution is 5.81. The summed E-state index contributed by atoms with van der Waals surface area (Å²) >= 11 is 0. The number of carbonyl (C=O) groups is 1. The summed E-state index contributed by atoms with van der Waals surface area (Å²) in [6.07, 6.45) is 5.41. The van der Waals surface area contributed by atoms with Gasteiger partial charge in [0.15, 0.2) is 6.10 Å². The molecule has 2 atom stereocenters. The van der Waals surface area contributed by atoms with Gasteiger partial charge >= 0.3 is 0 Å². The quantitative estimate of drug-likeness (QED) is 0.878. The van der Waals surface area contributed by atoms with Gasteiger partial charge in [-0.1, -0.05) is 6.42 Å². The van der Waals surface area contributed by atoms with Crippen LogP contribution in [0.5, 0.6) is 5.75 Å². The van der Waals surface area contributed by atoms with Crippen molar-refractivity contribution >= 4 is 5.91 Å². The van der Waals surface area contributed by atoms with Gasteiger partial charge in [0, 0.05) is 31.3 Å². The molecule has 3 heterocycles. The second-order valence-electron chi connectivity index (χ2n) is 7.43. The van der Waals surface area contributed by atoms with Gasteiger partial charge < -0.3 is 15.0 Å². The van der Waals surface area contributed by atoms with Crippen molar-refractivity contribution in [2.24, 2.45) is 0 Å². The average Bonchev–Trinajstić information content (AvgIpc) is 2.74. The van der Waals surface area contributed by atoms with E-state index >= 15 is 0 Å². The van der Waals surface area contributed by atoms with Crippen LogP contribution in [0.25, 0.3) is 0 Å². The van der Waals surface area contributed by atoms with Crippen molar-refractivity contribution in [3.8, 4) is 5.75 Å². The number of hydrogen-bond donors (Lipinski definition) is 1. The molecule has 0 saturated carbocycles. The van der Waals surface area contributed by atoms with Crippen molar-refractivity contribution in [3.63, 3.8) is 0 Å². The summed E-state index contributed by atoms with van der Waals surface area (Å²) in [5, 5.41) is 3.48. The van der Waals surface area contributed by atoms with Crippen molar-refractivity contribution < 1.29 is 13.9 Å². The number of fused-ring (bicyclic) bond motifs is 1. The van der Waals surface area contributed by atoms with Crippen LogP contribution in [0, 0.1) is 5.82 Å². The number of rotatable bonds is 4. The number of nitrogens with zero attached hydrogens (tertiary/aromatic N) is 3. The van der Waals surface area contributed by atoms with Crippen molar-refractivity contribution in [3.05, 3.63) is 53.4 Å². The zero-order chi connectivity index (χ0) is 19.5. The Labute approximate surface area is 164 Å². The number of aromatic nitrogens is 2. The minimum atomic E-state index is -0.640. The van der Waals surface area contributed by atoms with Crippen molar-refractivity contribution in [1.82, 2.24) is 20.2 Å². The molecule has 0 radical (unpaired) electrons. The Kier molecular flexibility index (Phi) is 5.52. The lowest BCUT2D eigenvalue weighted by molar-refractivity contribution is -0.138. The zero-order valence-electron chi connectivity index (χ0n) is 16.0. The predicted octanol–water partition coefficient (Wildman–Crippen LogP) is 2.78. The summed E-state index contributed by atoms with van der Waals surface area (Å²) < 4.78 is 18.7. The van der Waals surface area contributed by atoms with Gasteiger partial charge in [0.25, 0.3) is 5.91 Å². The monoisotopic (exact) mass is 384 g/mol. The van der Waals surface area contributed by atoms with Gasteiger partial charge in [0.05, 0.1) is 11.7 Å². The third-order valence-electron chi connectivity index (χ3n) is 5.36. The SMILES string of the molecule is CC(Oc1ccc(F)cc1)C(=O)N1CCc2nc(C3CCCCN3)ncc2C1. The lowest BCUT2D eigenvalue weighted by Crippen LogP contribution is -2.43. The molecule has 2 aromatic rings. The van der Waals surface area contributed by atoms with E-state index in [9.17, 15) is 9.18 Å². The first-order valence-corrected chi connectivity index (χ1v) is 9.89. The summed E-state index contributed by atoms with van der Waals surface area (Å²) in [7, 11) is 0. The van der Waals surface area contributed by atoms with Gasteiger partial charge in [-0.2, -0.15) is 0 Å². The molecule has 1 N–H and O–H groups in total. The van der Waals surface area contributed by atoms with Gasteiger partial charge in [-0.25, -0.2) is 14.4 Å².